The molecule has 0 aliphatic rings. The fourth-order valence-electron chi connectivity index (χ4n) is 3.20. The second-order valence-electron chi connectivity index (χ2n) is 6.77. The lowest BCUT2D eigenvalue weighted by Gasteiger charge is -2.18. The molecular formula is C24H27N3O5S. The molecule has 1 heterocycles. The molecule has 1 atom stereocenters. The largest absolute Gasteiger partial charge is 0.496 e. The summed E-state index contributed by atoms with van der Waals surface area (Å²) in [5, 5.41) is 2.77. The van der Waals surface area contributed by atoms with Crippen LogP contribution in [-0.4, -0.2) is 56.6 Å². The van der Waals surface area contributed by atoms with E-state index in [1.165, 1.54) is 14.2 Å². The van der Waals surface area contributed by atoms with Crippen molar-refractivity contribution in [2.24, 2.45) is 0 Å². The van der Waals surface area contributed by atoms with E-state index in [1.807, 2.05) is 30.3 Å². The van der Waals surface area contributed by atoms with Crippen LogP contribution in [0.15, 0.2) is 54.6 Å². The van der Waals surface area contributed by atoms with Crippen molar-refractivity contribution in [1.82, 2.24) is 15.3 Å². The number of hydrogen-bond donors (Lipinski definition) is 1. The van der Waals surface area contributed by atoms with Gasteiger partial charge in [-0.15, -0.1) is 11.8 Å². The number of carbonyl (C=O) groups is 1. The van der Waals surface area contributed by atoms with E-state index in [1.54, 1.807) is 50.2 Å². The first-order chi connectivity index (χ1) is 16.1. The lowest BCUT2D eigenvalue weighted by Crippen LogP contribution is -2.27. The zero-order chi connectivity index (χ0) is 23.6. The van der Waals surface area contributed by atoms with Gasteiger partial charge in [-0.3, -0.25) is 4.79 Å². The van der Waals surface area contributed by atoms with Crippen molar-refractivity contribution in [3.05, 3.63) is 71.5 Å². The quantitative estimate of drug-likeness (QED) is 0.425. The molecule has 0 fully saturated rings. The van der Waals surface area contributed by atoms with Gasteiger partial charge in [0.05, 0.1) is 39.8 Å². The Hall–Kier alpha value is -3.46. The summed E-state index contributed by atoms with van der Waals surface area (Å²) in [6.45, 7) is 0.426. The summed E-state index contributed by atoms with van der Waals surface area (Å²) in [5.74, 6) is 2.69. The van der Waals surface area contributed by atoms with Gasteiger partial charge in [0.1, 0.15) is 17.1 Å². The molecule has 0 bridgehead atoms. The molecule has 3 aromatic rings. The van der Waals surface area contributed by atoms with Gasteiger partial charge in [0.15, 0.2) is 5.82 Å². The van der Waals surface area contributed by atoms with Crippen LogP contribution in [0.25, 0.3) is 0 Å². The highest BCUT2D eigenvalue weighted by molar-refractivity contribution is 7.99. The molecule has 0 spiro atoms. The van der Waals surface area contributed by atoms with E-state index in [4.69, 9.17) is 18.9 Å². The summed E-state index contributed by atoms with van der Waals surface area (Å²) in [6.07, 6.45) is 0. The Morgan fingerprint density at radius 1 is 0.879 bits per heavy atom. The van der Waals surface area contributed by atoms with E-state index in [0.717, 1.165) is 5.56 Å². The van der Waals surface area contributed by atoms with Crippen LogP contribution in [0, 0.1) is 0 Å². The predicted molar refractivity (Wildman–Crippen MR) is 128 cm³/mol. The molecule has 174 valence electrons. The van der Waals surface area contributed by atoms with Crippen LogP contribution in [-0.2, 0) is 0 Å². The van der Waals surface area contributed by atoms with Gasteiger partial charge >= 0.3 is 0 Å². The zero-order valence-electron chi connectivity index (χ0n) is 19.0. The van der Waals surface area contributed by atoms with Gasteiger partial charge in [0.2, 0.25) is 11.8 Å². The summed E-state index contributed by atoms with van der Waals surface area (Å²) in [4.78, 5) is 21.9. The lowest BCUT2D eigenvalue weighted by molar-refractivity contribution is 0.0950. The Kier molecular flexibility index (Phi) is 8.77. The minimum absolute atomic E-state index is 0.173. The van der Waals surface area contributed by atoms with E-state index >= 15 is 0 Å². The van der Waals surface area contributed by atoms with E-state index in [2.05, 4.69) is 15.3 Å². The van der Waals surface area contributed by atoms with Crippen LogP contribution in [0.5, 0.6) is 23.3 Å². The lowest BCUT2D eigenvalue weighted by atomic mass is 10.1. The van der Waals surface area contributed by atoms with E-state index in [0.29, 0.717) is 46.9 Å². The van der Waals surface area contributed by atoms with Crippen LogP contribution in [0.1, 0.15) is 27.0 Å². The van der Waals surface area contributed by atoms with Gasteiger partial charge in [0.25, 0.3) is 5.91 Å². The third-order valence-corrected chi connectivity index (χ3v) is 6.03. The fraction of sp³-hybridized carbons (Fsp3) is 0.292. The number of nitrogens with zero attached hydrogens (tertiary/aromatic N) is 2. The molecule has 9 heteroatoms. The van der Waals surface area contributed by atoms with Gasteiger partial charge in [0, 0.05) is 12.3 Å². The second kappa shape index (κ2) is 12.0. The first-order valence-corrected chi connectivity index (χ1v) is 11.3. The molecule has 0 saturated carbocycles. The van der Waals surface area contributed by atoms with Crippen molar-refractivity contribution in [3.63, 3.8) is 0 Å². The number of carbonyl (C=O) groups excluding carboxylic acids is 1. The third-order valence-electron chi connectivity index (χ3n) is 4.78. The molecule has 2 aromatic carbocycles. The Morgan fingerprint density at radius 2 is 1.48 bits per heavy atom. The van der Waals surface area contributed by atoms with E-state index < -0.39 is 0 Å². The third kappa shape index (κ3) is 6.07. The van der Waals surface area contributed by atoms with Gasteiger partial charge in [-0.2, -0.15) is 9.97 Å². The van der Waals surface area contributed by atoms with Crippen molar-refractivity contribution in [2.75, 3.05) is 40.7 Å². The number of benzene rings is 2. The maximum atomic E-state index is 12.8. The number of methoxy groups -OCH3 is 4. The average Bonchev–Trinajstić information content (AvgIpc) is 2.87. The van der Waals surface area contributed by atoms with Gasteiger partial charge in [-0.1, -0.05) is 36.4 Å². The number of rotatable bonds is 11. The molecule has 0 radical (unpaired) electrons. The monoisotopic (exact) mass is 469 g/mol. The Balaban J connectivity index is 1.74. The summed E-state index contributed by atoms with van der Waals surface area (Å²) >= 11 is 1.61. The van der Waals surface area contributed by atoms with Crippen molar-refractivity contribution in [1.29, 1.82) is 0 Å². The topological polar surface area (TPSA) is 91.8 Å². The van der Waals surface area contributed by atoms with Crippen molar-refractivity contribution in [2.45, 2.75) is 5.25 Å². The van der Waals surface area contributed by atoms with E-state index in [9.17, 15) is 4.79 Å². The summed E-state index contributed by atoms with van der Waals surface area (Å²) in [7, 11) is 6.15. The summed E-state index contributed by atoms with van der Waals surface area (Å²) in [6, 6.07) is 16.8. The van der Waals surface area contributed by atoms with Gasteiger partial charge < -0.3 is 24.3 Å². The molecule has 3 rings (SSSR count). The Morgan fingerprint density at radius 3 is 2.03 bits per heavy atom. The van der Waals surface area contributed by atoms with Crippen molar-refractivity contribution < 1.29 is 23.7 Å². The maximum Gasteiger partial charge on any atom is 0.258 e. The summed E-state index contributed by atoms with van der Waals surface area (Å²) in [5.41, 5.74) is 1.41. The zero-order valence-corrected chi connectivity index (χ0v) is 19.8. The van der Waals surface area contributed by atoms with E-state index in [-0.39, 0.29) is 11.2 Å². The molecule has 0 aliphatic carbocycles. The number of hydrogen-bond acceptors (Lipinski definition) is 8. The van der Waals surface area contributed by atoms with Crippen molar-refractivity contribution in [3.8, 4) is 23.3 Å². The number of nitrogens with one attached hydrogen (secondary N) is 1. The minimum atomic E-state index is -0.263. The van der Waals surface area contributed by atoms with Crippen LogP contribution >= 0.6 is 11.8 Å². The first kappa shape index (κ1) is 24.2. The highest BCUT2D eigenvalue weighted by Gasteiger charge is 2.21. The smallest absolute Gasteiger partial charge is 0.258 e. The Bertz CT molecular complexity index is 1020. The number of ether oxygens (including phenoxy) is 4. The molecule has 0 aliphatic heterocycles. The summed E-state index contributed by atoms with van der Waals surface area (Å²) < 4.78 is 21.3. The molecule has 33 heavy (non-hydrogen) atoms. The maximum absolute atomic E-state index is 12.8. The van der Waals surface area contributed by atoms with Crippen LogP contribution < -0.4 is 24.3 Å². The molecule has 0 saturated heterocycles. The highest BCUT2D eigenvalue weighted by atomic mass is 32.2. The number of thioether (sulfide) groups is 1. The molecule has 1 unspecified atom stereocenters. The average molecular weight is 470 g/mol. The van der Waals surface area contributed by atoms with Crippen LogP contribution in [0.2, 0.25) is 0 Å². The van der Waals surface area contributed by atoms with Gasteiger partial charge in [-0.25, -0.2) is 0 Å². The standard InChI is InChI=1S/C24H27N3O5S/c1-29-17-11-8-12-18(30-2)21(17)24(28)25-13-14-33-22(16-9-6-5-7-10-16)23-26-19(31-3)15-20(27-23)32-4/h5-12,15,22H,13-14H2,1-4H3,(H,25,28). The normalized spacial score (nSPS) is 11.4. The molecule has 8 nitrogen and oxygen atoms in total. The molecule has 1 N–H and O–H groups in total. The van der Waals surface area contributed by atoms with Gasteiger partial charge in [-0.05, 0) is 17.7 Å². The molecule has 1 aromatic heterocycles. The first-order valence-electron chi connectivity index (χ1n) is 10.2. The Labute approximate surface area is 197 Å². The predicted octanol–water partition coefficient (Wildman–Crippen LogP) is 3.76. The SMILES string of the molecule is COc1cc(OC)nc(C(SCCNC(=O)c2c(OC)cccc2OC)c2ccccc2)n1. The number of amides is 1. The van der Waals surface area contributed by atoms with Crippen LogP contribution in [0.4, 0.5) is 0 Å². The fourth-order valence-corrected chi connectivity index (χ4v) is 4.26. The molecule has 1 amide bonds. The molecular weight excluding hydrogens is 442 g/mol. The number of aromatic nitrogens is 2. The highest BCUT2D eigenvalue weighted by Crippen LogP contribution is 2.35. The van der Waals surface area contributed by atoms with Crippen molar-refractivity contribution >= 4 is 17.7 Å². The van der Waals surface area contributed by atoms with Crippen LogP contribution in [0.3, 0.4) is 0 Å². The second-order valence-corrected chi connectivity index (χ2v) is 7.98. The minimum Gasteiger partial charge on any atom is -0.496 e.